The summed E-state index contributed by atoms with van der Waals surface area (Å²) in [6.45, 7) is 11.5. The molecular formula is C36H44N4O5Si. The van der Waals surface area contributed by atoms with Crippen LogP contribution in [0.25, 0.3) is 21.9 Å². The van der Waals surface area contributed by atoms with Gasteiger partial charge >= 0.3 is 0 Å². The van der Waals surface area contributed by atoms with Crippen LogP contribution < -0.4 is 15.7 Å². The first-order valence-electron chi connectivity index (χ1n) is 16.0. The molecule has 1 saturated heterocycles. The highest BCUT2D eigenvalue weighted by Crippen LogP contribution is 2.38. The van der Waals surface area contributed by atoms with Crippen LogP contribution in [0.1, 0.15) is 34.6 Å². The summed E-state index contributed by atoms with van der Waals surface area (Å²) in [6.07, 6.45) is -4.48. The Labute approximate surface area is 271 Å². The molecule has 9 nitrogen and oxygen atoms in total. The number of hydrogen-bond acceptors (Lipinski definition) is 8. The van der Waals surface area contributed by atoms with Gasteiger partial charge in [0.25, 0.3) is 8.32 Å². The largest absolute Gasteiger partial charge is 0.405 e. The van der Waals surface area contributed by atoms with Crippen LogP contribution in [0.3, 0.4) is 0 Å². The maximum absolute atomic E-state index is 11.2. The zero-order chi connectivity index (χ0) is 32.6. The number of aliphatic hydroxyl groups excluding tert-OH is 3. The van der Waals surface area contributed by atoms with Gasteiger partial charge in [0.15, 0.2) is 12.0 Å². The van der Waals surface area contributed by atoms with E-state index in [0.29, 0.717) is 11.7 Å². The molecule has 6 rings (SSSR count). The molecule has 4 N–H and O–H groups in total. The molecule has 0 unspecified atom stereocenters. The van der Waals surface area contributed by atoms with Gasteiger partial charge in [0.1, 0.15) is 35.4 Å². The van der Waals surface area contributed by atoms with Crippen molar-refractivity contribution in [3.63, 3.8) is 0 Å². The first-order valence-corrected chi connectivity index (χ1v) is 17.9. The average molecular weight is 641 g/mol. The second-order valence-electron chi connectivity index (χ2n) is 13.7. The Hall–Kier alpha value is -3.64. The van der Waals surface area contributed by atoms with Gasteiger partial charge in [-0.25, -0.2) is 9.97 Å². The molecule has 1 fully saturated rings. The maximum Gasteiger partial charge on any atom is 0.261 e. The van der Waals surface area contributed by atoms with Crippen molar-refractivity contribution < 1.29 is 24.5 Å². The van der Waals surface area contributed by atoms with E-state index in [1.807, 2.05) is 65.2 Å². The van der Waals surface area contributed by atoms with Gasteiger partial charge in [-0.1, -0.05) is 113 Å². The summed E-state index contributed by atoms with van der Waals surface area (Å²) in [5.74, 6) is 0.833. The molecule has 2 aromatic heterocycles. The van der Waals surface area contributed by atoms with E-state index >= 15 is 0 Å². The summed E-state index contributed by atoms with van der Waals surface area (Å²) in [5, 5.41) is 39.6. The highest BCUT2D eigenvalue weighted by atomic mass is 28.4. The molecule has 3 heterocycles. The number of benzene rings is 3. The number of para-hydroxylation sites is 1. The molecule has 0 amide bonds. The van der Waals surface area contributed by atoms with Crippen molar-refractivity contribution in [1.29, 1.82) is 0 Å². The van der Waals surface area contributed by atoms with E-state index < -0.39 is 39.0 Å². The number of ether oxygens (including phenoxy) is 1. The van der Waals surface area contributed by atoms with Crippen LogP contribution in [-0.2, 0) is 15.7 Å². The number of nitrogens with zero attached hydrogens (tertiary/aromatic N) is 3. The first-order chi connectivity index (χ1) is 22.0. The smallest absolute Gasteiger partial charge is 0.261 e. The van der Waals surface area contributed by atoms with Gasteiger partial charge in [-0.15, -0.1) is 0 Å². The SMILES string of the molecule is CC(C)Cn1cnc2c3ccccc3nc(N[C@@H]3O[C@H](CO[Si](c4ccccc4)(c4ccccc4)C(C)(C)C)[C@H](O)[C@@H](O)[C@H]3O)c21. The maximum atomic E-state index is 11.2. The van der Waals surface area contributed by atoms with Crippen LogP contribution in [0.5, 0.6) is 0 Å². The van der Waals surface area contributed by atoms with Gasteiger partial charge in [-0.2, -0.15) is 0 Å². The summed E-state index contributed by atoms with van der Waals surface area (Å²) in [6, 6.07) is 28.2. The van der Waals surface area contributed by atoms with E-state index in [-0.39, 0.29) is 11.6 Å². The van der Waals surface area contributed by atoms with Crippen molar-refractivity contribution in [2.75, 3.05) is 11.9 Å². The molecule has 1 aliphatic rings. The van der Waals surface area contributed by atoms with E-state index in [1.165, 1.54) is 0 Å². The number of aromatic nitrogens is 3. The minimum atomic E-state index is -2.96. The Balaban J connectivity index is 1.35. The zero-order valence-corrected chi connectivity index (χ0v) is 28.0. The number of hydrogen-bond donors (Lipinski definition) is 4. The fraction of sp³-hybridized carbons (Fsp3) is 0.389. The third kappa shape index (κ3) is 5.85. The minimum absolute atomic E-state index is 0.00223. The van der Waals surface area contributed by atoms with E-state index in [0.717, 1.165) is 38.9 Å². The second kappa shape index (κ2) is 12.9. The molecule has 1 aliphatic heterocycles. The Bertz CT molecular complexity index is 1740. The lowest BCUT2D eigenvalue weighted by molar-refractivity contribution is -0.220. The predicted molar refractivity (Wildman–Crippen MR) is 184 cm³/mol. The van der Waals surface area contributed by atoms with Crippen LogP contribution in [0, 0.1) is 5.92 Å². The summed E-state index contributed by atoms with van der Waals surface area (Å²) < 4.78 is 15.5. The van der Waals surface area contributed by atoms with Crippen molar-refractivity contribution in [3.8, 4) is 0 Å². The van der Waals surface area contributed by atoms with Crippen LogP contribution in [0.15, 0.2) is 91.3 Å². The van der Waals surface area contributed by atoms with Gasteiger partial charge in [0.2, 0.25) is 0 Å². The molecule has 46 heavy (non-hydrogen) atoms. The lowest BCUT2D eigenvalue weighted by atomic mass is 9.98. The predicted octanol–water partition coefficient (Wildman–Crippen LogP) is 4.04. The molecule has 0 aliphatic carbocycles. The molecule has 10 heteroatoms. The summed E-state index contributed by atoms with van der Waals surface area (Å²) in [7, 11) is -2.96. The van der Waals surface area contributed by atoms with Gasteiger partial charge in [-0.05, 0) is 27.4 Å². The van der Waals surface area contributed by atoms with Crippen molar-refractivity contribution >= 4 is 46.4 Å². The fourth-order valence-electron chi connectivity index (χ4n) is 6.72. The fourth-order valence-corrected chi connectivity index (χ4v) is 11.3. The van der Waals surface area contributed by atoms with Crippen molar-refractivity contribution in [1.82, 2.24) is 14.5 Å². The molecular weight excluding hydrogens is 597 g/mol. The van der Waals surface area contributed by atoms with Gasteiger partial charge < -0.3 is 34.4 Å². The van der Waals surface area contributed by atoms with Gasteiger partial charge in [0, 0.05) is 11.9 Å². The van der Waals surface area contributed by atoms with E-state index in [4.69, 9.17) is 19.1 Å². The van der Waals surface area contributed by atoms with E-state index in [2.05, 4.69) is 64.2 Å². The Morgan fingerprint density at radius 2 is 1.48 bits per heavy atom. The third-order valence-corrected chi connectivity index (χ3v) is 13.9. The number of rotatable bonds is 9. The molecule has 242 valence electrons. The summed E-state index contributed by atoms with van der Waals surface area (Å²) >= 11 is 0. The molecule has 5 aromatic rings. The van der Waals surface area contributed by atoms with Crippen molar-refractivity contribution in [2.24, 2.45) is 5.92 Å². The minimum Gasteiger partial charge on any atom is -0.405 e. The number of nitrogens with one attached hydrogen (secondary N) is 1. The number of imidazole rings is 1. The van der Waals surface area contributed by atoms with Gasteiger partial charge in [0.05, 0.1) is 18.5 Å². The molecule has 0 radical (unpaired) electrons. The zero-order valence-electron chi connectivity index (χ0n) is 27.0. The normalized spacial score (nSPS) is 22.5. The molecule has 5 atom stereocenters. The van der Waals surface area contributed by atoms with Crippen molar-refractivity contribution in [2.45, 2.75) is 76.8 Å². The van der Waals surface area contributed by atoms with E-state index in [1.54, 1.807) is 6.33 Å². The lowest BCUT2D eigenvalue weighted by Gasteiger charge is -2.46. The van der Waals surface area contributed by atoms with Crippen LogP contribution >= 0.6 is 0 Å². The monoisotopic (exact) mass is 640 g/mol. The number of fused-ring (bicyclic) bond motifs is 3. The molecule has 0 bridgehead atoms. The summed E-state index contributed by atoms with van der Waals surface area (Å²) in [5.41, 5.74) is 2.31. The average Bonchev–Trinajstić information content (AvgIpc) is 3.46. The lowest BCUT2D eigenvalue weighted by Crippen LogP contribution is -2.68. The summed E-state index contributed by atoms with van der Waals surface area (Å²) in [4.78, 5) is 9.63. The highest BCUT2D eigenvalue weighted by Gasteiger charge is 2.52. The third-order valence-electron chi connectivity index (χ3n) is 8.89. The second-order valence-corrected chi connectivity index (χ2v) is 18.0. The van der Waals surface area contributed by atoms with Crippen LogP contribution in [0.2, 0.25) is 5.04 Å². The van der Waals surface area contributed by atoms with Gasteiger partial charge in [-0.3, -0.25) is 0 Å². The van der Waals surface area contributed by atoms with Crippen molar-refractivity contribution in [3.05, 3.63) is 91.3 Å². The number of anilines is 1. The first kappa shape index (κ1) is 32.3. The van der Waals surface area contributed by atoms with Crippen LogP contribution in [0.4, 0.5) is 5.82 Å². The Morgan fingerprint density at radius 3 is 2.09 bits per heavy atom. The number of aliphatic hydroxyl groups is 3. The number of pyridine rings is 1. The molecule has 0 saturated carbocycles. The van der Waals surface area contributed by atoms with E-state index in [9.17, 15) is 15.3 Å². The van der Waals surface area contributed by atoms with Crippen LogP contribution in [-0.4, -0.2) is 75.4 Å². The highest BCUT2D eigenvalue weighted by molar-refractivity contribution is 6.99. The topological polar surface area (TPSA) is 122 Å². The quantitative estimate of drug-likeness (QED) is 0.178. The molecule has 0 spiro atoms. The Kier molecular flexibility index (Phi) is 9.03. The standard InChI is InChI=1S/C36H44N4O5Si/c1-23(2)20-40-22-37-29-26-18-12-13-19-27(26)38-34(30(29)40)39-35-33(43)32(42)31(41)28(45-35)21-44-46(36(3,4)5,24-14-8-6-9-15-24)25-16-10-7-11-17-25/h6-19,22-23,28,31-33,35,41-43H,20-21H2,1-5H3,(H,38,39)/t28-,31+,32-,33-,35-/m1/s1. The molecule has 3 aromatic carbocycles. The Morgan fingerprint density at radius 1 is 0.870 bits per heavy atom.